The van der Waals surface area contributed by atoms with E-state index in [0.717, 1.165) is 51.7 Å². The summed E-state index contributed by atoms with van der Waals surface area (Å²) in [6, 6.07) is 16.4. The minimum absolute atomic E-state index is 0.0446. The molecule has 5 nitrogen and oxygen atoms in total. The fourth-order valence-corrected chi connectivity index (χ4v) is 7.36. The molecule has 1 aliphatic carbocycles. The number of carbonyl (C=O) groups is 1. The van der Waals surface area contributed by atoms with Crippen molar-refractivity contribution in [2.24, 2.45) is 17.8 Å². The maximum absolute atomic E-state index is 13.1. The van der Waals surface area contributed by atoms with Gasteiger partial charge >= 0.3 is 5.97 Å². The number of likely N-dealkylation sites (tertiary alicyclic amines) is 1. The summed E-state index contributed by atoms with van der Waals surface area (Å²) >= 11 is 0. The zero-order valence-electron chi connectivity index (χ0n) is 22.0. The van der Waals surface area contributed by atoms with Gasteiger partial charge in [-0.15, -0.1) is 0 Å². The van der Waals surface area contributed by atoms with Crippen molar-refractivity contribution in [1.29, 1.82) is 0 Å². The number of halogens is 1. The van der Waals surface area contributed by atoms with Crippen molar-refractivity contribution in [3.63, 3.8) is 0 Å². The van der Waals surface area contributed by atoms with Crippen LogP contribution in [0.2, 0.25) is 0 Å². The van der Waals surface area contributed by atoms with Crippen molar-refractivity contribution in [2.75, 3.05) is 25.4 Å². The fraction of sp³-hybridized carbons (Fsp3) is 0.567. The largest absolute Gasteiger partial charge is 0.480 e. The van der Waals surface area contributed by atoms with E-state index in [1.807, 2.05) is 13.8 Å². The third-order valence-electron chi connectivity index (χ3n) is 8.26. The van der Waals surface area contributed by atoms with Gasteiger partial charge in [-0.05, 0) is 98.7 Å². The molecule has 202 valence electrons. The number of hydrogen-bond donors (Lipinski definition) is 2. The van der Waals surface area contributed by atoms with Crippen molar-refractivity contribution in [3.8, 4) is 0 Å². The first-order valence-corrected chi connectivity index (χ1v) is 15.0. The first-order valence-electron chi connectivity index (χ1n) is 13.7. The Morgan fingerprint density at radius 1 is 1.08 bits per heavy atom. The number of benzene rings is 2. The highest BCUT2D eigenvalue weighted by Crippen LogP contribution is 2.41. The van der Waals surface area contributed by atoms with Crippen LogP contribution in [0.3, 0.4) is 0 Å². The summed E-state index contributed by atoms with van der Waals surface area (Å²) < 4.78 is 25.7. The van der Waals surface area contributed by atoms with Gasteiger partial charge in [-0.25, -0.2) is 4.39 Å². The molecule has 3 unspecified atom stereocenters. The quantitative estimate of drug-likeness (QED) is 0.414. The third-order valence-corrected chi connectivity index (χ3v) is 9.66. The van der Waals surface area contributed by atoms with E-state index in [1.165, 1.54) is 17.7 Å². The SMILES string of the molecule is CC(C)C(NC1C[C@H](CN2CCC(CCS(=O)c3ccc(F)cc3)CC2)[C@@H](c2ccccc2)C1)C(=O)O. The van der Waals surface area contributed by atoms with Crippen molar-refractivity contribution in [1.82, 2.24) is 10.2 Å². The Morgan fingerprint density at radius 2 is 1.76 bits per heavy atom. The molecule has 4 rings (SSSR count). The van der Waals surface area contributed by atoms with Gasteiger partial charge in [0.05, 0.1) is 10.8 Å². The number of carboxylic acids is 1. The Hall–Kier alpha value is -2.09. The van der Waals surface area contributed by atoms with Crippen LogP contribution in [0.4, 0.5) is 4.39 Å². The van der Waals surface area contributed by atoms with Gasteiger partial charge in [-0.2, -0.15) is 0 Å². The van der Waals surface area contributed by atoms with Gasteiger partial charge in [-0.1, -0.05) is 44.2 Å². The minimum Gasteiger partial charge on any atom is -0.480 e. The molecule has 7 heteroatoms. The van der Waals surface area contributed by atoms with Gasteiger partial charge in [0.2, 0.25) is 0 Å². The van der Waals surface area contributed by atoms with Crippen LogP contribution >= 0.6 is 0 Å². The van der Waals surface area contributed by atoms with Crippen LogP contribution in [-0.4, -0.2) is 57.7 Å². The van der Waals surface area contributed by atoms with Gasteiger partial charge in [0.25, 0.3) is 0 Å². The topological polar surface area (TPSA) is 69.6 Å². The van der Waals surface area contributed by atoms with Gasteiger partial charge in [0.15, 0.2) is 0 Å². The van der Waals surface area contributed by atoms with Crippen molar-refractivity contribution in [2.45, 2.75) is 68.8 Å². The van der Waals surface area contributed by atoms with Gasteiger partial charge < -0.3 is 15.3 Å². The Kier molecular flexibility index (Phi) is 9.90. The van der Waals surface area contributed by atoms with E-state index in [4.69, 9.17) is 0 Å². The number of hydrogen-bond acceptors (Lipinski definition) is 4. The smallest absolute Gasteiger partial charge is 0.320 e. The van der Waals surface area contributed by atoms with E-state index < -0.39 is 22.8 Å². The zero-order valence-corrected chi connectivity index (χ0v) is 22.8. The lowest BCUT2D eigenvalue weighted by Gasteiger charge is -2.35. The zero-order chi connectivity index (χ0) is 26.4. The van der Waals surface area contributed by atoms with Crippen molar-refractivity contribution >= 4 is 16.8 Å². The molecule has 1 aliphatic heterocycles. The molecule has 0 amide bonds. The van der Waals surface area contributed by atoms with E-state index >= 15 is 0 Å². The third kappa shape index (κ3) is 7.71. The summed E-state index contributed by atoms with van der Waals surface area (Å²) in [7, 11) is -1.08. The van der Waals surface area contributed by atoms with E-state index in [0.29, 0.717) is 28.4 Å². The lowest BCUT2D eigenvalue weighted by Crippen LogP contribution is -2.46. The normalized spacial score (nSPS) is 24.8. The molecule has 2 aromatic carbocycles. The molecule has 1 saturated carbocycles. The summed E-state index contributed by atoms with van der Waals surface area (Å²) in [4.78, 5) is 15.1. The number of piperidine rings is 1. The van der Waals surface area contributed by atoms with Crippen molar-refractivity contribution < 1.29 is 18.5 Å². The molecule has 2 aliphatic rings. The van der Waals surface area contributed by atoms with E-state index in [2.05, 4.69) is 40.5 Å². The van der Waals surface area contributed by atoms with Crippen LogP contribution < -0.4 is 5.32 Å². The molecule has 5 atom stereocenters. The maximum Gasteiger partial charge on any atom is 0.320 e. The van der Waals surface area contributed by atoms with Crippen LogP contribution in [0.15, 0.2) is 59.5 Å². The number of nitrogens with zero attached hydrogens (tertiary/aromatic N) is 1. The van der Waals surface area contributed by atoms with Crippen LogP contribution in [0.1, 0.15) is 57.4 Å². The highest BCUT2D eigenvalue weighted by Gasteiger charge is 2.38. The van der Waals surface area contributed by atoms with E-state index in [9.17, 15) is 18.5 Å². The Labute approximate surface area is 223 Å². The molecule has 0 bridgehead atoms. The molecule has 2 N–H and O–H groups in total. The maximum atomic E-state index is 13.1. The summed E-state index contributed by atoms with van der Waals surface area (Å²) in [5, 5.41) is 13.2. The summed E-state index contributed by atoms with van der Waals surface area (Å²) in [6.45, 7) is 7.06. The number of nitrogens with one attached hydrogen (secondary N) is 1. The first-order chi connectivity index (χ1) is 17.8. The van der Waals surface area contributed by atoms with Gasteiger partial charge in [-0.3, -0.25) is 9.00 Å². The van der Waals surface area contributed by atoms with Crippen LogP contribution in [-0.2, 0) is 15.6 Å². The second-order valence-corrected chi connectivity index (χ2v) is 12.8. The molecule has 2 fully saturated rings. The molecular formula is C30H41FN2O3S. The Morgan fingerprint density at radius 3 is 2.38 bits per heavy atom. The number of rotatable bonds is 11. The summed E-state index contributed by atoms with van der Waals surface area (Å²) in [5.41, 5.74) is 1.35. The standard InChI is InChI=1S/C30H41FN2O3S/c1-21(2)29(30(34)35)32-26-18-24(28(19-26)23-6-4-3-5-7-23)20-33-15-12-22(13-16-33)14-17-37(36)27-10-8-25(31)9-11-27/h3-11,21-22,24,26,28-29,32H,12-20H2,1-2H3,(H,34,35)/t24-,26?,28-,29?,37?/m1/s1. The second kappa shape index (κ2) is 13.1. The first kappa shape index (κ1) is 27.9. The average molecular weight is 529 g/mol. The highest BCUT2D eigenvalue weighted by atomic mass is 32.2. The predicted molar refractivity (Wildman–Crippen MR) is 147 cm³/mol. The Bertz CT molecular complexity index is 1020. The van der Waals surface area contributed by atoms with Crippen LogP contribution in [0.25, 0.3) is 0 Å². The molecule has 1 saturated heterocycles. The van der Waals surface area contributed by atoms with Crippen LogP contribution in [0.5, 0.6) is 0 Å². The van der Waals surface area contributed by atoms with E-state index in [-0.39, 0.29) is 17.8 Å². The Balaban J connectivity index is 1.30. The lowest BCUT2D eigenvalue weighted by molar-refractivity contribution is -0.140. The monoisotopic (exact) mass is 528 g/mol. The summed E-state index contributed by atoms with van der Waals surface area (Å²) in [6.07, 6.45) is 5.12. The number of aliphatic carboxylic acids is 1. The molecule has 0 spiro atoms. The molecule has 1 heterocycles. The van der Waals surface area contributed by atoms with Crippen LogP contribution in [0, 0.1) is 23.6 Å². The van der Waals surface area contributed by atoms with Gasteiger partial charge in [0, 0.05) is 23.2 Å². The molecular weight excluding hydrogens is 487 g/mol. The highest BCUT2D eigenvalue weighted by molar-refractivity contribution is 7.85. The lowest BCUT2D eigenvalue weighted by atomic mass is 9.87. The molecule has 37 heavy (non-hydrogen) atoms. The van der Waals surface area contributed by atoms with Crippen molar-refractivity contribution in [3.05, 3.63) is 66.0 Å². The predicted octanol–water partition coefficient (Wildman–Crippen LogP) is 5.30. The van der Waals surface area contributed by atoms with E-state index in [1.54, 1.807) is 12.1 Å². The second-order valence-electron chi connectivity index (χ2n) is 11.2. The average Bonchev–Trinajstić information content (AvgIpc) is 3.29. The minimum atomic E-state index is -1.08. The van der Waals surface area contributed by atoms with Gasteiger partial charge in [0.1, 0.15) is 11.9 Å². The summed E-state index contributed by atoms with van der Waals surface area (Å²) in [5.74, 6) is 1.10. The fourth-order valence-electron chi connectivity index (χ4n) is 6.14. The molecule has 0 aromatic heterocycles. The molecule has 2 aromatic rings. The molecule has 0 radical (unpaired) electrons. The number of carboxylic acid groups (broad SMARTS) is 1.